The lowest BCUT2D eigenvalue weighted by Crippen LogP contribution is -1.95. The van der Waals surface area contributed by atoms with Gasteiger partial charge in [-0.2, -0.15) is 0 Å². The molecule has 1 saturated carbocycles. The SMILES string of the molecule is Brc1cnc(-c2ccccc2)nc1C1CC1. The van der Waals surface area contributed by atoms with Crippen LogP contribution in [0.5, 0.6) is 0 Å². The van der Waals surface area contributed by atoms with Crippen LogP contribution in [-0.4, -0.2) is 9.97 Å². The maximum Gasteiger partial charge on any atom is 0.159 e. The molecule has 2 nitrogen and oxygen atoms in total. The predicted molar refractivity (Wildman–Crippen MR) is 67.1 cm³/mol. The van der Waals surface area contributed by atoms with Crippen molar-refractivity contribution in [2.75, 3.05) is 0 Å². The zero-order valence-electron chi connectivity index (χ0n) is 8.73. The largest absolute Gasteiger partial charge is 0.235 e. The number of rotatable bonds is 2. The molecule has 0 bridgehead atoms. The predicted octanol–water partition coefficient (Wildman–Crippen LogP) is 3.78. The molecule has 0 saturated heterocycles. The Balaban J connectivity index is 2.05. The number of aromatic nitrogens is 2. The molecule has 3 rings (SSSR count). The van der Waals surface area contributed by atoms with Gasteiger partial charge in [0.1, 0.15) is 0 Å². The van der Waals surface area contributed by atoms with Crippen LogP contribution in [0.4, 0.5) is 0 Å². The van der Waals surface area contributed by atoms with Crippen LogP contribution in [0, 0.1) is 0 Å². The number of hydrogen-bond acceptors (Lipinski definition) is 2. The van der Waals surface area contributed by atoms with Crippen molar-refractivity contribution in [3.05, 3.63) is 46.7 Å². The van der Waals surface area contributed by atoms with Crippen molar-refractivity contribution < 1.29 is 0 Å². The average Bonchev–Trinajstić information content (AvgIpc) is 3.15. The van der Waals surface area contributed by atoms with Gasteiger partial charge >= 0.3 is 0 Å². The second-order valence-electron chi connectivity index (χ2n) is 4.07. The molecule has 0 radical (unpaired) electrons. The Labute approximate surface area is 103 Å². The van der Waals surface area contributed by atoms with Gasteiger partial charge in [0, 0.05) is 17.7 Å². The van der Waals surface area contributed by atoms with Gasteiger partial charge in [-0.05, 0) is 28.8 Å². The molecule has 1 fully saturated rings. The summed E-state index contributed by atoms with van der Waals surface area (Å²) in [6.45, 7) is 0. The average molecular weight is 275 g/mol. The summed E-state index contributed by atoms with van der Waals surface area (Å²) in [5.74, 6) is 1.46. The first-order valence-electron chi connectivity index (χ1n) is 5.42. The van der Waals surface area contributed by atoms with Gasteiger partial charge in [-0.15, -0.1) is 0 Å². The van der Waals surface area contributed by atoms with Crippen LogP contribution < -0.4 is 0 Å². The maximum absolute atomic E-state index is 4.65. The van der Waals surface area contributed by atoms with E-state index in [1.54, 1.807) is 0 Å². The molecule has 0 unspecified atom stereocenters. The minimum atomic E-state index is 0.639. The summed E-state index contributed by atoms with van der Waals surface area (Å²) in [5.41, 5.74) is 2.24. The Morgan fingerprint density at radius 1 is 1.12 bits per heavy atom. The van der Waals surface area contributed by atoms with E-state index in [4.69, 9.17) is 0 Å². The highest BCUT2D eigenvalue weighted by Crippen LogP contribution is 2.42. The van der Waals surface area contributed by atoms with E-state index in [1.807, 2.05) is 36.5 Å². The number of nitrogens with zero attached hydrogens (tertiary/aromatic N) is 2. The molecule has 16 heavy (non-hydrogen) atoms. The fourth-order valence-corrected chi connectivity index (χ4v) is 2.26. The lowest BCUT2D eigenvalue weighted by Gasteiger charge is -2.04. The fourth-order valence-electron chi connectivity index (χ4n) is 1.75. The normalized spacial score (nSPS) is 15.1. The molecule has 0 spiro atoms. The van der Waals surface area contributed by atoms with Crippen LogP contribution >= 0.6 is 15.9 Å². The zero-order chi connectivity index (χ0) is 11.0. The lowest BCUT2D eigenvalue weighted by molar-refractivity contribution is 0.979. The summed E-state index contributed by atoms with van der Waals surface area (Å²) >= 11 is 3.52. The quantitative estimate of drug-likeness (QED) is 0.833. The van der Waals surface area contributed by atoms with E-state index in [0.717, 1.165) is 21.6 Å². The summed E-state index contributed by atoms with van der Waals surface area (Å²) in [7, 11) is 0. The van der Waals surface area contributed by atoms with Crippen molar-refractivity contribution in [2.45, 2.75) is 18.8 Å². The van der Waals surface area contributed by atoms with Gasteiger partial charge in [-0.25, -0.2) is 9.97 Å². The highest BCUT2D eigenvalue weighted by atomic mass is 79.9. The summed E-state index contributed by atoms with van der Waals surface area (Å²) < 4.78 is 1.04. The van der Waals surface area contributed by atoms with Gasteiger partial charge in [0.2, 0.25) is 0 Å². The third-order valence-electron chi connectivity index (χ3n) is 2.77. The topological polar surface area (TPSA) is 25.8 Å². The molecular formula is C13H11BrN2. The monoisotopic (exact) mass is 274 g/mol. The smallest absolute Gasteiger partial charge is 0.159 e. The van der Waals surface area contributed by atoms with Crippen LogP contribution in [-0.2, 0) is 0 Å². The number of halogens is 1. The van der Waals surface area contributed by atoms with Crippen LogP contribution in [0.25, 0.3) is 11.4 Å². The summed E-state index contributed by atoms with van der Waals surface area (Å²) in [4.78, 5) is 9.01. The third kappa shape index (κ3) is 1.87. The van der Waals surface area contributed by atoms with Gasteiger partial charge in [0.05, 0.1) is 10.2 Å². The summed E-state index contributed by atoms with van der Waals surface area (Å²) in [6, 6.07) is 10.1. The van der Waals surface area contributed by atoms with Crippen LogP contribution in [0.2, 0.25) is 0 Å². The summed E-state index contributed by atoms with van der Waals surface area (Å²) in [5, 5.41) is 0. The van der Waals surface area contributed by atoms with E-state index >= 15 is 0 Å². The van der Waals surface area contributed by atoms with Crippen molar-refractivity contribution in [1.82, 2.24) is 9.97 Å². The Kier molecular flexibility index (Phi) is 2.48. The summed E-state index contributed by atoms with van der Waals surface area (Å²) in [6.07, 6.45) is 4.37. The van der Waals surface area contributed by atoms with Crippen molar-refractivity contribution in [2.24, 2.45) is 0 Å². The highest BCUT2D eigenvalue weighted by molar-refractivity contribution is 9.10. The van der Waals surface area contributed by atoms with Gasteiger partial charge in [-0.1, -0.05) is 30.3 Å². The fraction of sp³-hybridized carbons (Fsp3) is 0.231. The second kappa shape index (κ2) is 3.98. The van der Waals surface area contributed by atoms with E-state index in [0.29, 0.717) is 5.92 Å². The number of benzene rings is 1. The molecular weight excluding hydrogens is 264 g/mol. The Hall–Kier alpha value is -1.22. The molecule has 1 aromatic carbocycles. The van der Waals surface area contributed by atoms with Crippen molar-refractivity contribution in [1.29, 1.82) is 0 Å². The highest BCUT2D eigenvalue weighted by Gasteiger charge is 2.27. The molecule has 0 aliphatic heterocycles. The molecule has 0 N–H and O–H groups in total. The second-order valence-corrected chi connectivity index (χ2v) is 4.92. The first-order chi connectivity index (χ1) is 7.84. The molecule has 1 aromatic heterocycles. The van der Waals surface area contributed by atoms with E-state index in [-0.39, 0.29) is 0 Å². The zero-order valence-corrected chi connectivity index (χ0v) is 10.3. The molecule has 1 heterocycles. The molecule has 1 aliphatic carbocycles. The van der Waals surface area contributed by atoms with Crippen LogP contribution in [0.1, 0.15) is 24.5 Å². The molecule has 1 aliphatic rings. The minimum Gasteiger partial charge on any atom is -0.235 e. The van der Waals surface area contributed by atoms with Crippen molar-refractivity contribution in [3.8, 4) is 11.4 Å². The van der Waals surface area contributed by atoms with E-state index in [9.17, 15) is 0 Å². The molecule has 3 heteroatoms. The Bertz CT molecular complexity index is 507. The standard InChI is InChI=1S/C13H11BrN2/c14-11-8-15-13(10-4-2-1-3-5-10)16-12(11)9-6-7-9/h1-5,8-9H,6-7H2. The Morgan fingerprint density at radius 3 is 2.56 bits per heavy atom. The van der Waals surface area contributed by atoms with Crippen molar-refractivity contribution in [3.63, 3.8) is 0 Å². The molecule has 80 valence electrons. The van der Waals surface area contributed by atoms with E-state index < -0.39 is 0 Å². The number of hydrogen-bond donors (Lipinski definition) is 0. The van der Waals surface area contributed by atoms with Gasteiger partial charge in [0.15, 0.2) is 5.82 Å². The van der Waals surface area contributed by atoms with Crippen molar-refractivity contribution >= 4 is 15.9 Å². The lowest BCUT2D eigenvalue weighted by atomic mass is 10.2. The molecule has 0 atom stereocenters. The van der Waals surface area contributed by atoms with Crippen LogP contribution in [0.3, 0.4) is 0 Å². The Morgan fingerprint density at radius 2 is 1.88 bits per heavy atom. The maximum atomic E-state index is 4.65. The molecule has 2 aromatic rings. The van der Waals surface area contributed by atoms with Gasteiger partial charge < -0.3 is 0 Å². The van der Waals surface area contributed by atoms with Gasteiger partial charge in [-0.3, -0.25) is 0 Å². The first kappa shape index (κ1) is 9.97. The van der Waals surface area contributed by atoms with E-state index in [2.05, 4.69) is 25.9 Å². The first-order valence-corrected chi connectivity index (χ1v) is 6.22. The van der Waals surface area contributed by atoms with Crippen LogP contribution in [0.15, 0.2) is 41.0 Å². The third-order valence-corrected chi connectivity index (χ3v) is 3.38. The minimum absolute atomic E-state index is 0.639. The molecule has 0 amide bonds. The van der Waals surface area contributed by atoms with E-state index in [1.165, 1.54) is 12.8 Å². The van der Waals surface area contributed by atoms with Gasteiger partial charge in [0.25, 0.3) is 0 Å².